The molecule has 1 atom stereocenters. The second-order valence-corrected chi connectivity index (χ2v) is 9.74. The largest absolute Gasteiger partial charge is 0.293 e. The number of aromatic nitrogens is 1. The summed E-state index contributed by atoms with van der Waals surface area (Å²) in [5.74, 6) is 0.0288. The van der Waals surface area contributed by atoms with Crippen LogP contribution in [0, 0.1) is 6.92 Å². The quantitative estimate of drug-likeness (QED) is 0.807. The maximum absolute atomic E-state index is 11.3. The summed E-state index contributed by atoms with van der Waals surface area (Å²) < 4.78 is 22.6. The third-order valence-electron chi connectivity index (χ3n) is 3.23. The summed E-state index contributed by atoms with van der Waals surface area (Å²) in [5, 5.41) is 2.61. The summed E-state index contributed by atoms with van der Waals surface area (Å²) in [7, 11) is -0.948. The van der Waals surface area contributed by atoms with E-state index in [9.17, 15) is 8.42 Å². The molecule has 2 aromatic rings. The minimum atomic E-state index is -3.01. The van der Waals surface area contributed by atoms with E-state index >= 15 is 0 Å². The molecule has 0 N–H and O–H groups in total. The summed E-state index contributed by atoms with van der Waals surface area (Å²) in [4.78, 5) is 9.29. The molecule has 0 aliphatic heterocycles. The van der Waals surface area contributed by atoms with Crippen molar-refractivity contribution in [2.75, 3.05) is 13.3 Å². The fourth-order valence-electron chi connectivity index (χ4n) is 2.00. The lowest BCUT2D eigenvalue weighted by molar-refractivity contribution is 0.254. The summed E-state index contributed by atoms with van der Waals surface area (Å²) in [6, 6.07) is 4.62. The van der Waals surface area contributed by atoms with Gasteiger partial charge in [-0.05, 0) is 33.0 Å². The number of hydrogen-bond acceptors (Lipinski definition) is 6. The number of hydrogen-bond donors (Lipinski definition) is 0. The fraction of sp³-hybridized carbons (Fsp3) is 0.500. The van der Waals surface area contributed by atoms with Crippen LogP contribution in [0.4, 0.5) is 0 Å². The zero-order valence-corrected chi connectivity index (χ0v) is 15.1. The highest BCUT2D eigenvalue weighted by molar-refractivity contribution is 7.90. The molecule has 0 fully saturated rings. The number of nitrogens with zero attached hydrogens (tertiary/aromatic N) is 2. The molecule has 2 heterocycles. The van der Waals surface area contributed by atoms with Crippen LogP contribution in [-0.2, 0) is 22.1 Å². The van der Waals surface area contributed by atoms with E-state index in [4.69, 9.17) is 0 Å². The van der Waals surface area contributed by atoms with Crippen LogP contribution < -0.4 is 0 Å². The van der Waals surface area contributed by atoms with Crippen LogP contribution in [0.3, 0.4) is 0 Å². The van der Waals surface area contributed by atoms with Gasteiger partial charge in [0.25, 0.3) is 0 Å². The zero-order chi connectivity index (χ0) is 15.6. The molecule has 2 rings (SSSR count). The van der Waals surface area contributed by atoms with Crippen LogP contribution in [0.2, 0.25) is 0 Å². The molecular formula is C14H20N2O2S3. The molecular weight excluding hydrogens is 324 g/mol. The van der Waals surface area contributed by atoms with Crippen molar-refractivity contribution in [1.29, 1.82) is 0 Å². The first kappa shape index (κ1) is 16.6. The highest BCUT2D eigenvalue weighted by Gasteiger charge is 2.16. The highest BCUT2D eigenvalue weighted by atomic mass is 32.2. The first-order chi connectivity index (χ1) is 9.74. The molecule has 0 radical (unpaired) electrons. The number of aryl methyl sites for hydroxylation is 1. The van der Waals surface area contributed by atoms with Gasteiger partial charge in [-0.15, -0.1) is 22.7 Å². The van der Waals surface area contributed by atoms with Gasteiger partial charge in [-0.2, -0.15) is 0 Å². The van der Waals surface area contributed by atoms with Gasteiger partial charge >= 0.3 is 0 Å². The molecule has 2 aromatic heterocycles. The normalized spacial score (nSPS) is 13.8. The van der Waals surface area contributed by atoms with Crippen molar-refractivity contribution in [2.24, 2.45) is 0 Å². The monoisotopic (exact) mass is 344 g/mol. The molecule has 0 aromatic carbocycles. The van der Waals surface area contributed by atoms with Crippen LogP contribution in [0.1, 0.15) is 33.4 Å². The lowest BCUT2D eigenvalue weighted by atomic mass is 10.2. The Morgan fingerprint density at radius 2 is 2.10 bits per heavy atom. The molecule has 0 bridgehead atoms. The van der Waals surface area contributed by atoms with Gasteiger partial charge in [0.1, 0.15) is 10.8 Å². The lowest BCUT2D eigenvalue weighted by Gasteiger charge is -2.22. The third-order valence-corrected chi connectivity index (χ3v) is 6.28. The van der Waals surface area contributed by atoms with Gasteiger partial charge in [0.05, 0.1) is 5.69 Å². The van der Waals surface area contributed by atoms with Crippen LogP contribution in [0.5, 0.6) is 0 Å². The molecule has 0 saturated heterocycles. The average molecular weight is 345 g/mol. The van der Waals surface area contributed by atoms with Crippen molar-refractivity contribution in [3.63, 3.8) is 0 Å². The van der Waals surface area contributed by atoms with Gasteiger partial charge in [0.2, 0.25) is 0 Å². The van der Waals surface area contributed by atoms with Gasteiger partial charge in [0, 0.05) is 34.0 Å². The van der Waals surface area contributed by atoms with Crippen molar-refractivity contribution < 1.29 is 8.42 Å². The highest BCUT2D eigenvalue weighted by Crippen LogP contribution is 2.27. The molecule has 4 nitrogen and oxygen atoms in total. The maximum atomic E-state index is 11.3. The van der Waals surface area contributed by atoms with E-state index in [-0.39, 0.29) is 5.75 Å². The van der Waals surface area contributed by atoms with Gasteiger partial charge in [0.15, 0.2) is 9.84 Å². The maximum Gasteiger partial charge on any atom is 0.153 e. The average Bonchev–Trinajstić information content (AvgIpc) is 2.95. The Labute approximate surface area is 134 Å². The van der Waals surface area contributed by atoms with E-state index in [1.54, 1.807) is 0 Å². The fourth-order valence-corrected chi connectivity index (χ4v) is 4.99. The Morgan fingerprint density at radius 3 is 2.67 bits per heavy atom. The Morgan fingerprint density at radius 1 is 1.38 bits per heavy atom. The van der Waals surface area contributed by atoms with Crippen LogP contribution in [-0.4, -0.2) is 31.6 Å². The summed E-state index contributed by atoms with van der Waals surface area (Å²) in [6.07, 6.45) is 1.24. The number of rotatable bonds is 6. The summed E-state index contributed by atoms with van der Waals surface area (Å²) in [6.45, 7) is 5.01. The Bertz CT molecular complexity index is 703. The van der Waals surface area contributed by atoms with Gasteiger partial charge < -0.3 is 0 Å². The van der Waals surface area contributed by atoms with E-state index in [1.807, 2.05) is 16.7 Å². The van der Waals surface area contributed by atoms with E-state index in [2.05, 4.69) is 42.9 Å². The van der Waals surface area contributed by atoms with Gasteiger partial charge in [-0.25, -0.2) is 13.4 Å². The van der Waals surface area contributed by atoms with Crippen molar-refractivity contribution in [3.05, 3.63) is 38.0 Å². The van der Waals surface area contributed by atoms with Crippen LogP contribution in [0.15, 0.2) is 17.5 Å². The van der Waals surface area contributed by atoms with E-state index in [0.717, 1.165) is 12.2 Å². The Balaban J connectivity index is 2.01. The second kappa shape index (κ2) is 6.56. The van der Waals surface area contributed by atoms with Crippen molar-refractivity contribution in [2.45, 2.75) is 32.2 Å². The smallest absolute Gasteiger partial charge is 0.153 e. The first-order valence-electron chi connectivity index (χ1n) is 6.62. The SMILES string of the molecule is Cc1ccc(C(C)N(C)Cc2csc(CS(C)(=O)=O)n2)s1. The summed E-state index contributed by atoms with van der Waals surface area (Å²) >= 11 is 3.22. The summed E-state index contributed by atoms with van der Waals surface area (Å²) in [5.41, 5.74) is 0.932. The molecule has 7 heteroatoms. The molecule has 0 saturated carbocycles. The third kappa shape index (κ3) is 4.88. The Hall–Kier alpha value is -0.760. The number of thiazole rings is 1. The standard InChI is InChI=1S/C14H20N2O2S3/c1-10-5-6-13(20-10)11(2)16(3)7-12-8-19-14(15-12)9-21(4,17)18/h5-6,8,11H,7,9H2,1-4H3. The van der Waals surface area contributed by atoms with Crippen LogP contribution >= 0.6 is 22.7 Å². The molecule has 0 amide bonds. The first-order valence-corrected chi connectivity index (χ1v) is 10.4. The van der Waals surface area contributed by atoms with Crippen LogP contribution in [0.25, 0.3) is 0 Å². The molecule has 1 unspecified atom stereocenters. The van der Waals surface area contributed by atoms with Gasteiger partial charge in [-0.1, -0.05) is 0 Å². The number of sulfone groups is 1. The minimum Gasteiger partial charge on any atom is -0.293 e. The van der Waals surface area contributed by atoms with Gasteiger partial charge in [-0.3, -0.25) is 4.90 Å². The van der Waals surface area contributed by atoms with Crippen molar-refractivity contribution in [1.82, 2.24) is 9.88 Å². The second-order valence-electron chi connectivity index (χ2n) is 5.34. The van der Waals surface area contributed by atoms with E-state index in [1.165, 1.54) is 27.3 Å². The predicted octanol–water partition coefficient (Wildman–Crippen LogP) is 3.25. The van der Waals surface area contributed by atoms with E-state index < -0.39 is 9.84 Å². The Kier molecular flexibility index (Phi) is 5.19. The van der Waals surface area contributed by atoms with E-state index in [0.29, 0.717) is 11.0 Å². The van der Waals surface area contributed by atoms with Crippen molar-refractivity contribution >= 4 is 32.5 Å². The topological polar surface area (TPSA) is 50.3 Å². The molecule has 116 valence electrons. The molecule has 0 aliphatic rings. The molecule has 21 heavy (non-hydrogen) atoms. The minimum absolute atomic E-state index is 0.0288. The lowest BCUT2D eigenvalue weighted by Crippen LogP contribution is -2.21. The molecule has 0 aliphatic carbocycles. The number of thiophene rings is 1. The zero-order valence-electron chi connectivity index (χ0n) is 12.7. The predicted molar refractivity (Wildman–Crippen MR) is 89.6 cm³/mol. The van der Waals surface area contributed by atoms with Crippen molar-refractivity contribution in [3.8, 4) is 0 Å². The molecule has 0 spiro atoms.